The zero-order chi connectivity index (χ0) is 17.6. The maximum atomic E-state index is 13.1. The zero-order valence-electron chi connectivity index (χ0n) is 14.1. The van der Waals surface area contributed by atoms with Gasteiger partial charge >= 0.3 is 5.97 Å². The molecule has 1 aromatic rings. The Bertz CT molecular complexity index is 670. The molecular formula is C19H23FN2O3. The van der Waals surface area contributed by atoms with Crippen LogP contribution in [-0.2, 0) is 9.59 Å². The molecule has 2 aliphatic carbocycles. The van der Waals surface area contributed by atoms with Crippen molar-refractivity contribution in [3.05, 3.63) is 30.1 Å². The molecule has 2 saturated carbocycles. The van der Waals surface area contributed by atoms with E-state index in [9.17, 15) is 19.1 Å². The number of hydrogen-bond acceptors (Lipinski definition) is 3. The number of amides is 1. The topological polar surface area (TPSA) is 60.9 Å². The summed E-state index contributed by atoms with van der Waals surface area (Å²) in [5.41, 5.74) is 0.955. The number of hydrogen-bond donors (Lipinski definition) is 1. The minimum atomic E-state index is -0.810. The molecule has 3 aliphatic rings. The number of fused-ring (bicyclic) bond motifs is 2. The summed E-state index contributed by atoms with van der Waals surface area (Å²) >= 11 is 0. The molecule has 1 N–H and O–H groups in total. The second kappa shape index (κ2) is 6.32. The molecule has 3 fully saturated rings. The van der Waals surface area contributed by atoms with Crippen molar-refractivity contribution < 1.29 is 19.1 Å². The largest absolute Gasteiger partial charge is 0.481 e. The maximum Gasteiger partial charge on any atom is 0.307 e. The minimum absolute atomic E-state index is 0.0263. The van der Waals surface area contributed by atoms with Gasteiger partial charge < -0.3 is 14.9 Å². The van der Waals surface area contributed by atoms with Crippen LogP contribution in [-0.4, -0.2) is 48.1 Å². The van der Waals surface area contributed by atoms with Crippen LogP contribution in [0.4, 0.5) is 10.1 Å². The van der Waals surface area contributed by atoms with Crippen LogP contribution in [0.5, 0.6) is 0 Å². The summed E-state index contributed by atoms with van der Waals surface area (Å²) in [6, 6.07) is 6.39. The van der Waals surface area contributed by atoms with E-state index in [-0.39, 0.29) is 29.5 Å². The molecule has 1 heterocycles. The highest BCUT2D eigenvalue weighted by molar-refractivity contribution is 5.86. The van der Waals surface area contributed by atoms with E-state index in [0.717, 1.165) is 24.9 Å². The van der Waals surface area contributed by atoms with Gasteiger partial charge in [0.15, 0.2) is 0 Å². The van der Waals surface area contributed by atoms with Gasteiger partial charge in [0.1, 0.15) is 5.82 Å². The van der Waals surface area contributed by atoms with Crippen molar-refractivity contribution >= 4 is 17.6 Å². The Balaban J connectivity index is 1.41. The summed E-state index contributed by atoms with van der Waals surface area (Å²) in [6.45, 7) is 2.57. The lowest BCUT2D eigenvalue weighted by Gasteiger charge is -2.39. The van der Waals surface area contributed by atoms with Gasteiger partial charge in [0.05, 0.1) is 11.8 Å². The smallest absolute Gasteiger partial charge is 0.307 e. The van der Waals surface area contributed by atoms with Crippen LogP contribution in [0.3, 0.4) is 0 Å². The van der Waals surface area contributed by atoms with E-state index < -0.39 is 11.9 Å². The van der Waals surface area contributed by atoms with Crippen molar-refractivity contribution in [2.45, 2.75) is 19.3 Å². The molecule has 1 amide bonds. The first-order valence-corrected chi connectivity index (χ1v) is 9.06. The summed E-state index contributed by atoms with van der Waals surface area (Å²) in [5, 5.41) is 9.56. The third-order valence-corrected chi connectivity index (χ3v) is 6.27. The zero-order valence-corrected chi connectivity index (χ0v) is 14.1. The molecule has 0 spiro atoms. The predicted octanol–water partition coefficient (Wildman–Crippen LogP) is 2.22. The number of carboxylic acids is 1. The maximum absolute atomic E-state index is 13.1. The highest BCUT2D eigenvalue weighted by atomic mass is 19.1. The van der Waals surface area contributed by atoms with Gasteiger partial charge in [0, 0.05) is 31.9 Å². The van der Waals surface area contributed by atoms with Gasteiger partial charge in [-0.15, -0.1) is 0 Å². The van der Waals surface area contributed by atoms with Crippen molar-refractivity contribution in [3.63, 3.8) is 0 Å². The van der Waals surface area contributed by atoms with Gasteiger partial charge in [-0.05, 0) is 55.4 Å². The van der Waals surface area contributed by atoms with Crippen LogP contribution in [0.25, 0.3) is 0 Å². The summed E-state index contributed by atoms with van der Waals surface area (Å²) in [4.78, 5) is 28.6. The Morgan fingerprint density at radius 2 is 1.56 bits per heavy atom. The van der Waals surface area contributed by atoms with Gasteiger partial charge in [-0.25, -0.2) is 4.39 Å². The van der Waals surface area contributed by atoms with Crippen LogP contribution in [0.15, 0.2) is 24.3 Å². The normalized spacial score (nSPS) is 31.4. The first kappa shape index (κ1) is 16.4. The number of anilines is 1. The lowest BCUT2D eigenvalue weighted by Crippen LogP contribution is -2.52. The molecule has 0 radical (unpaired) electrons. The van der Waals surface area contributed by atoms with Crippen LogP contribution >= 0.6 is 0 Å². The van der Waals surface area contributed by atoms with Crippen molar-refractivity contribution in [3.8, 4) is 0 Å². The third-order valence-electron chi connectivity index (χ3n) is 6.27. The van der Waals surface area contributed by atoms with Gasteiger partial charge in [0.25, 0.3) is 0 Å². The van der Waals surface area contributed by atoms with Crippen molar-refractivity contribution in [2.75, 3.05) is 31.1 Å². The first-order chi connectivity index (χ1) is 12.0. The van der Waals surface area contributed by atoms with E-state index in [1.807, 2.05) is 4.90 Å². The van der Waals surface area contributed by atoms with E-state index in [2.05, 4.69) is 4.90 Å². The Morgan fingerprint density at radius 1 is 0.960 bits per heavy atom. The molecule has 4 atom stereocenters. The highest BCUT2D eigenvalue weighted by Crippen LogP contribution is 2.53. The number of halogens is 1. The fraction of sp³-hybridized carbons (Fsp3) is 0.579. The lowest BCUT2D eigenvalue weighted by atomic mass is 9.78. The number of carbonyl (C=O) groups excluding carboxylic acids is 1. The molecule has 0 aromatic heterocycles. The second-order valence-electron chi connectivity index (χ2n) is 7.51. The summed E-state index contributed by atoms with van der Waals surface area (Å²) in [7, 11) is 0. The van der Waals surface area contributed by atoms with Gasteiger partial charge in [-0.1, -0.05) is 0 Å². The second-order valence-corrected chi connectivity index (χ2v) is 7.51. The molecule has 1 aromatic carbocycles. The number of aliphatic carboxylic acids is 1. The first-order valence-electron chi connectivity index (χ1n) is 9.06. The monoisotopic (exact) mass is 346 g/mol. The molecule has 4 rings (SSSR count). The van der Waals surface area contributed by atoms with Crippen LogP contribution < -0.4 is 4.90 Å². The van der Waals surface area contributed by atoms with Gasteiger partial charge in [-0.3, -0.25) is 9.59 Å². The van der Waals surface area contributed by atoms with E-state index in [1.54, 1.807) is 12.1 Å². The lowest BCUT2D eigenvalue weighted by molar-refractivity contribution is -0.153. The van der Waals surface area contributed by atoms with E-state index in [1.165, 1.54) is 12.1 Å². The Hall–Kier alpha value is -2.11. The molecule has 6 heteroatoms. The van der Waals surface area contributed by atoms with Gasteiger partial charge in [-0.2, -0.15) is 0 Å². The molecular weight excluding hydrogens is 323 g/mol. The van der Waals surface area contributed by atoms with Crippen molar-refractivity contribution in [2.24, 2.45) is 23.7 Å². The van der Waals surface area contributed by atoms with E-state index >= 15 is 0 Å². The Labute approximate surface area is 146 Å². The number of carbonyl (C=O) groups is 2. The molecule has 25 heavy (non-hydrogen) atoms. The van der Waals surface area contributed by atoms with E-state index in [0.29, 0.717) is 26.2 Å². The number of rotatable bonds is 3. The molecule has 134 valence electrons. The molecule has 1 aliphatic heterocycles. The standard InChI is InChI=1S/C19H23FN2O3/c20-14-3-5-15(6-4-14)21-7-9-22(10-8-21)18(23)16-12-1-2-13(11-12)17(16)19(24)25/h3-6,12-13,16-17H,1-2,7-11H2,(H,24,25). The Morgan fingerprint density at radius 3 is 2.16 bits per heavy atom. The highest BCUT2D eigenvalue weighted by Gasteiger charge is 2.54. The van der Waals surface area contributed by atoms with Gasteiger partial charge in [0.2, 0.25) is 5.91 Å². The van der Waals surface area contributed by atoms with Crippen molar-refractivity contribution in [1.82, 2.24) is 4.90 Å². The third kappa shape index (κ3) is 2.87. The SMILES string of the molecule is O=C(O)C1C2CCC(C2)C1C(=O)N1CCN(c2ccc(F)cc2)CC1. The molecule has 5 nitrogen and oxygen atoms in total. The van der Waals surface area contributed by atoms with Crippen LogP contribution in [0, 0.1) is 29.5 Å². The van der Waals surface area contributed by atoms with E-state index in [4.69, 9.17) is 0 Å². The minimum Gasteiger partial charge on any atom is -0.481 e. The number of piperazine rings is 1. The number of benzene rings is 1. The molecule has 4 unspecified atom stereocenters. The fourth-order valence-corrected chi connectivity index (χ4v) is 5.05. The number of carboxylic acid groups (broad SMARTS) is 1. The Kier molecular flexibility index (Phi) is 4.13. The fourth-order valence-electron chi connectivity index (χ4n) is 5.05. The molecule has 2 bridgehead atoms. The van der Waals surface area contributed by atoms with Crippen molar-refractivity contribution in [1.29, 1.82) is 0 Å². The summed E-state index contributed by atoms with van der Waals surface area (Å²) in [5.74, 6) is -1.46. The molecule has 1 saturated heterocycles. The summed E-state index contributed by atoms with van der Waals surface area (Å²) < 4.78 is 13.1. The summed E-state index contributed by atoms with van der Waals surface area (Å²) in [6.07, 6.45) is 2.83. The average Bonchev–Trinajstić information content (AvgIpc) is 3.23. The van der Waals surface area contributed by atoms with Crippen LogP contribution in [0.1, 0.15) is 19.3 Å². The van der Waals surface area contributed by atoms with Crippen LogP contribution in [0.2, 0.25) is 0 Å². The predicted molar refractivity (Wildman–Crippen MR) is 90.6 cm³/mol. The quantitative estimate of drug-likeness (QED) is 0.912. The number of nitrogens with zero attached hydrogens (tertiary/aromatic N) is 2. The average molecular weight is 346 g/mol.